The van der Waals surface area contributed by atoms with Crippen LogP contribution in [0.4, 0.5) is 4.79 Å². The van der Waals surface area contributed by atoms with Crippen LogP contribution in [-0.2, 0) is 11.2 Å². The number of carbonyl (C=O) groups excluding carboxylic acids is 1. The van der Waals surface area contributed by atoms with Crippen LogP contribution in [-0.4, -0.2) is 41.1 Å². The van der Waals surface area contributed by atoms with Gasteiger partial charge in [-0.3, -0.25) is 0 Å². The van der Waals surface area contributed by atoms with Crippen LogP contribution in [0.25, 0.3) is 0 Å². The van der Waals surface area contributed by atoms with E-state index in [0.717, 1.165) is 12.8 Å². The fourth-order valence-electron chi connectivity index (χ4n) is 1.65. The molecule has 0 aliphatic heterocycles. The first-order valence-electron chi connectivity index (χ1n) is 6.64. The van der Waals surface area contributed by atoms with E-state index in [2.05, 4.69) is 5.32 Å². The number of hydrogen-bond donors (Lipinski definition) is 2. The van der Waals surface area contributed by atoms with E-state index in [-0.39, 0.29) is 6.03 Å². The number of hydrogen-bond acceptors (Lipinski definition) is 2. The van der Waals surface area contributed by atoms with Gasteiger partial charge >= 0.3 is 12.0 Å². The molecule has 0 saturated heterocycles. The SMILES string of the molecule is CN(C(=O)NCCCc1ccccc1)C(C)(C)C(=O)O. The predicted octanol–water partition coefficient (Wildman–Crippen LogP) is 2.12. The Morgan fingerprint density at radius 2 is 1.85 bits per heavy atom. The number of amides is 2. The van der Waals surface area contributed by atoms with Gasteiger partial charge in [0.25, 0.3) is 0 Å². The van der Waals surface area contributed by atoms with Crippen molar-refractivity contribution >= 4 is 12.0 Å². The topological polar surface area (TPSA) is 69.6 Å². The number of aliphatic carboxylic acids is 1. The monoisotopic (exact) mass is 278 g/mol. The van der Waals surface area contributed by atoms with Gasteiger partial charge in [0.05, 0.1) is 0 Å². The van der Waals surface area contributed by atoms with Crippen LogP contribution >= 0.6 is 0 Å². The minimum absolute atomic E-state index is 0.370. The number of nitrogens with one attached hydrogen (secondary N) is 1. The zero-order valence-corrected chi connectivity index (χ0v) is 12.2. The summed E-state index contributed by atoms with van der Waals surface area (Å²) < 4.78 is 0. The van der Waals surface area contributed by atoms with Crippen molar-refractivity contribution < 1.29 is 14.7 Å². The summed E-state index contributed by atoms with van der Waals surface area (Å²) in [7, 11) is 1.49. The number of urea groups is 1. The van der Waals surface area contributed by atoms with Gasteiger partial charge in [0.1, 0.15) is 5.54 Å². The number of benzene rings is 1. The van der Waals surface area contributed by atoms with Crippen molar-refractivity contribution in [2.45, 2.75) is 32.2 Å². The maximum Gasteiger partial charge on any atom is 0.329 e. The van der Waals surface area contributed by atoms with E-state index in [1.54, 1.807) is 0 Å². The van der Waals surface area contributed by atoms with Gasteiger partial charge in [-0.1, -0.05) is 30.3 Å². The average molecular weight is 278 g/mol. The highest BCUT2D eigenvalue weighted by Gasteiger charge is 2.34. The Labute approximate surface area is 119 Å². The summed E-state index contributed by atoms with van der Waals surface area (Å²) in [5.74, 6) is -1.03. The molecule has 2 N–H and O–H groups in total. The molecule has 0 aromatic heterocycles. The third-order valence-corrected chi connectivity index (χ3v) is 3.43. The number of likely N-dealkylation sites (N-methyl/N-ethyl adjacent to an activating group) is 1. The fraction of sp³-hybridized carbons (Fsp3) is 0.467. The first kappa shape index (κ1) is 16.0. The molecule has 5 nitrogen and oxygen atoms in total. The highest BCUT2D eigenvalue weighted by atomic mass is 16.4. The minimum atomic E-state index is -1.22. The molecule has 0 fully saturated rings. The van der Waals surface area contributed by atoms with E-state index in [1.165, 1.54) is 31.4 Å². The summed E-state index contributed by atoms with van der Waals surface area (Å²) >= 11 is 0. The van der Waals surface area contributed by atoms with E-state index >= 15 is 0 Å². The van der Waals surface area contributed by atoms with Crippen LogP contribution in [0.3, 0.4) is 0 Å². The Balaban J connectivity index is 2.35. The fourth-order valence-corrected chi connectivity index (χ4v) is 1.65. The van der Waals surface area contributed by atoms with Gasteiger partial charge in [0.15, 0.2) is 0 Å². The van der Waals surface area contributed by atoms with Crippen LogP contribution in [0, 0.1) is 0 Å². The maximum absolute atomic E-state index is 11.9. The van der Waals surface area contributed by atoms with E-state index in [0.29, 0.717) is 6.54 Å². The first-order valence-corrected chi connectivity index (χ1v) is 6.64. The predicted molar refractivity (Wildman–Crippen MR) is 77.6 cm³/mol. The van der Waals surface area contributed by atoms with Gasteiger partial charge in [0.2, 0.25) is 0 Å². The molecular weight excluding hydrogens is 256 g/mol. The summed E-state index contributed by atoms with van der Waals surface area (Å²) in [6, 6.07) is 9.65. The molecule has 0 saturated carbocycles. The van der Waals surface area contributed by atoms with Gasteiger partial charge in [-0.25, -0.2) is 9.59 Å². The Bertz CT molecular complexity index is 457. The lowest BCUT2D eigenvalue weighted by Crippen LogP contribution is -2.54. The smallest absolute Gasteiger partial charge is 0.329 e. The molecule has 5 heteroatoms. The summed E-state index contributed by atoms with van der Waals surface area (Å²) in [4.78, 5) is 24.1. The molecule has 0 spiro atoms. The average Bonchev–Trinajstić information content (AvgIpc) is 2.43. The van der Waals surface area contributed by atoms with Gasteiger partial charge in [-0.15, -0.1) is 0 Å². The van der Waals surface area contributed by atoms with Crippen molar-refractivity contribution in [1.82, 2.24) is 10.2 Å². The first-order chi connectivity index (χ1) is 9.35. The largest absolute Gasteiger partial charge is 0.480 e. The lowest BCUT2D eigenvalue weighted by molar-refractivity contribution is -0.146. The van der Waals surface area contributed by atoms with Gasteiger partial charge in [-0.05, 0) is 32.3 Å². The molecule has 0 unspecified atom stereocenters. The molecule has 1 aromatic rings. The molecule has 1 aromatic carbocycles. The zero-order valence-electron chi connectivity index (χ0n) is 12.2. The molecule has 0 bridgehead atoms. The van der Waals surface area contributed by atoms with Crippen molar-refractivity contribution in [3.8, 4) is 0 Å². The number of carbonyl (C=O) groups is 2. The van der Waals surface area contributed by atoms with Gasteiger partial charge in [0, 0.05) is 13.6 Å². The second-order valence-electron chi connectivity index (χ2n) is 5.24. The molecule has 110 valence electrons. The van der Waals surface area contributed by atoms with Crippen LogP contribution in [0.2, 0.25) is 0 Å². The molecule has 0 aliphatic carbocycles. The van der Waals surface area contributed by atoms with Crippen LogP contribution in [0.15, 0.2) is 30.3 Å². The molecule has 0 atom stereocenters. The number of aryl methyl sites for hydroxylation is 1. The Kier molecular flexibility index (Phi) is 5.55. The molecule has 1 rings (SSSR count). The molecular formula is C15H22N2O3. The van der Waals surface area contributed by atoms with Crippen LogP contribution in [0.5, 0.6) is 0 Å². The Hall–Kier alpha value is -2.04. The van der Waals surface area contributed by atoms with E-state index in [4.69, 9.17) is 5.11 Å². The summed E-state index contributed by atoms with van der Waals surface area (Å²) in [5, 5.41) is 11.8. The molecule has 20 heavy (non-hydrogen) atoms. The summed E-state index contributed by atoms with van der Waals surface area (Å²) in [5.41, 5.74) is 0.00438. The third kappa shape index (κ3) is 4.26. The second kappa shape index (κ2) is 6.93. The number of nitrogens with zero attached hydrogens (tertiary/aromatic N) is 1. The third-order valence-electron chi connectivity index (χ3n) is 3.43. The van der Waals surface area contributed by atoms with Crippen molar-refractivity contribution in [3.63, 3.8) is 0 Å². The number of carboxylic acids is 1. The number of rotatable bonds is 6. The van der Waals surface area contributed by atoms with Gasteiger partial charge in [-0.2, -0.15) is 0 Å². The quantitative estimate of drug-likeness (QED) is 0.783. The van der Waals surface area contributed by atoms with Crippen LogP contribution < -0.4 is 5.32 Å². The lowest BCUT2D eigenvalue weighted by Gasteiger charge is -2.31. The Morgan fingerprint density at radius 3 is 2.40 bits per heavy atom. The molecule has 0 aliphatic rings. The van der Waals surface area contributed by atoms with E-state index < -0.39 is 11.5 Å². The number of carboxylic acid groups (broad SMARTS) is 1. The highest BCUT2D eigenvalue weighted by Crippen LogP contribution is 2.12. The van der Waals surface area contributed by atoms with E-state index in [1.807, 2.05) is 30.3 Å². The van der Waals surface area contributed by atoms with Gasteiger partial charge < -0.3 is 15.3 Å². The van der Waals surface area contributed by atoms with Crippen molar-refractivity contribution in [2.75, 3.05) is 13.6 Å². The maximum atomic E-state index is 11.9. The molecule has 0 radical (unpaired) electrons. The Morgan fingerprint density at radius 1 is 1.25 bits per heavy atom. The second-order valence-corrected chi connectivity index (χ2v) is 5.24. The highest BCUT2D eigenvalue weighted by molar-refractivity contribution is 5.85. The lowest BCUT2D eigenvalue weighted by atomic mass is 10.1. The normalized spacial score (nSPS) is 10.9. The van der Waals surface area contributed by atoms with Crippen LogP contribution in [0.1, 0.15) is 25.8 Å². The standard InChI is InChI=1S/C15H22N2O3/c1-15(2,13(18)19)17(3)14(20)16-11-7-10-12-8-5-4-6-9-12/h4-6,8-9H,7,10-11H2,1-3H3,(H,16,20)(H,18,19). The summed E-state index contributed by atoms with van der Waals surface area (Å²) in [6.45, 7) is 3.52. The minimum Gasteiger partial charge on any atom is -0.480 e. The molecule has 2 amide bonds. The van der Waals surface area contributed by atoms with Crippen molar-refractivity contribution in [3.05, 3.63) is 35.9 Å². The zero-order chi connectivity index (χ0) is 15.2. The van der Waals surface area contributed by atoms with Crippen molar-refractivity contribution in [2.24, 2.45) is 0 Å². The molecule has 0 heterocycles. The van der Waals surface area contributed by atoms with Crippen molar-refractivity contribution in [1.29, 1.82) is 0 Å². The summed E-state index contributed by atoms with van der Waals surface area (Å²) in [6.07, 6.45) is 1.70. The van der Waals surface area contributed by atoms with E-state index in [9.17, 15) is 9.59 Å².